The Bertz CT molecular complexity index is 702. The summed E-state index contributed by atoms with van der Waals surface area (Å²) in [6.45, 7) is 0. The van der Waals surface area contributed by atoms with E-state index in [-0.39, 0.29) is 5.82 Å². The number of nitrogens with zero attached hydrogens (tertiary/aromatic N) is 2. The van der Waals surface area contributed by atoms with Crippen molar-refractivity contribution in [1.82, 2.24) is 10.1 Å². The highest BCUT2D eigenvalue weighted by Gasteiger charge is 2.30. The van der Waals surface area contributed by atoms with Gasteiger partial charge in [0.1, 0.15) is 0 Å². The SMILES string of the molecule is FC(F)(F)c1ccc(-c2noc(-c3cccs3)n2)cc1. The predicted molar refractivity (Wildman–Crippen MR) is 68.0 cm³/mol. The van der Waals surface area contributed by atoms with E-state index in [1.54, 1.807) is 0 Å². The minimum Gasteiger partial charge on any atom is -0.333 e. The van der Waals surface area contributed by atoms with E-state index in [0.29, 0.717) is 11.5 Å². The van der Waals surface area contributed by atoms with Gasteiger partial charge in [-0.3, -0.25) is 0 Å². The Morgan fingerprint density at radius 1 is 1.05 bits per heavy atom. The van der Waals surface area contributed by atoms with Crippen molar-refractivity contribution in [3.05, 3.63) is 47.3 Å². The zero-order chi connectivity index (χ0) is 14.2. The molecule has 0 N–H and O–H groups in total. The molecule has 0 aliphatic heterocycles. The van der Waals surface area contributed by atoms with Crippen molar-refractivity contribution in [2.45, 2.75) is 6.18 Å². The van der Waals surface area contributed by atoms with Gasteiger partial charge in [0.15, 0.2) is 0 Å². The Labute approximate surface area is 115 Å². The highest BCUT2D eigenvalue weighted by atomic mass is 32.1. The monoisotopic (exact) mass is 296 g/mol. The molecule has 0 atom stereocenters. The van der Waals surface area contributed by atoms with Gasteiger partial charge in [0, 0.05) is 5.56 Å². The average Bonchev–Trinajstić information content (AvgIpc) is 3.09. The lowest BCUT2D eigenvalue weighted by Crippen LogP contribution is -2.04. The van der Waals surface area contributed by atoms with Gasteiger partial charge in [-0.1, -0.05) is 23.4 Å². The Hall–Kier alpha value is -2.15. The molecule has 0 radical (unpaired) electrons. The molecule has 0 aliphatic carbocycles. The number of aromatic nitrogens is 2. The maximum atomic E-state index is 12.5. The number of alkyl halides is 3. The number of hydrogen-bond donors (Lipinski definition) is 0. The van der Waals surface area contributed by atoms with Crippen LogP contribution in [0.3, 0.4) is 0 Å². The molecule has 0 spiro atoms. The van der Waals surface area contributed by atoms with Crippen molar-refractivity contribution < 1.29 is 17.7 Å². The summed E-state index contributed by atoms with van der Waals surface area (Å²) < 4.78 is 42.5. The highest BCUT2D eigenvalue weighted by Crippen LogP contribution is 2.31. The normalized spacial score (nSPS) is 11.8. The lowest BCUT2D eigenvalue weighted by Gasteiger charge is -2.05. The van der Waals surface area contributed by atoms with E-state index in [9.17, 15) is 13.2 Å². The fraction of sp³-hybridized carbons (Fsp3) is 0.0769. The first-order valence-corrected chi connectivity index (χ1v) is 6.47. The van der Waals surface area contributed by atoms with E-state index in [2.05, 4.69) is 10.1 Å². The Balaban J connectivity index is 1.90. The summed E-state index contributed by atoms with van der Waals surface area (Å²) in [7, 11) is 0. The molecule has 2 aromatic heterocycles. The molecule has 1 aromatic carbocycles. The number of hydrogen-bond acceptors (Lipinski definition) is 4. The molecule has 3 rings (SSSR count). The maximum absolute atomic E-state index is 12.5. The molecule has 0 unspecified atom stereocenters. The van der Waals surface area contributed by atoms with Gasteiger partial charge >= 0.3 is 6.18 Å². The largest absolute Gasteiger partial charge is 0.416 e. The number of thiophene rings is 1. The van der Waals surface area contributed by atoms with Crippen LogP contribution in [0, 0.1) is 0 Å². The van der Waals surface area contributed by atoms with Gasteiger partial charge in [-0.25, -0.2) is 0 Å². The van der Waals surface area contributed by atoms with Gasteiger partial charge < -0.3 is 4.52 Å². The van der Waals surface area contributed by atoms with Gasteiger partial charge in [-0.15, -0.1) is 11.3 Å². The van der Waals surface area contributed by atoms with Gasteiger partial charge in [-0.2, -0.15) is 18.2 Å². The zero-order valence-electron chi connectivity index (χ0n) is 9.89. The van der Waals surface area contributed by atoms with Crippen molar-refractivity contribution in [2.24, 2.45) is 0 Å². The second kappa shape index (κ2) is 4.75. The summed E-state index contributed by atoms with van der Waals surface area (Å²) in [5.74, 6) is 0.622. The molecular weight excluding hydrogens is 289 g/mol. The lowest BCUT2D eigenvalue weighted by atomic mass is 10.1. The fourth-order valence-electron chi connectivity index (χ4n) is 1.65. The summed E-state index contributed by atoms with van der Waals surface area (Å²) >= 11 is 1.45. The van der Waals surface area contributed by atoms with E-state index >= 15 is 0 Å². The molecule has 0 saturated carbocycles. The first kappa shape index (κ1) is 12.9. The average molecular weight is 296 g/mol. The van der Waals surface area contributed by atoms with Crippen LogP contribution in [0.5, 0.6) is 0 Å². The van der Waals surface area contributed by atoms with Crippen molar-refractivity contribution in [2.75, 3.05) is 0 Å². The van der Waals surface area contributed by atoms with E-state index in [0.717, 1.165) is 17.0 Å². The van der Waals surface area contributed by atoms with Gasteiger partial charge in [0.2, 0.25) is 5.82 Å². The standard InChI is InChI=1S/C13H7F3N2OS/c14-13(15,16)9-5-3-8(4-6-9)11-17-12(19-18-11)10-2-1-7-20-10/h1-7H. The van der Waals surface area contributed by atoms with Gasteiger partial charge in [-0.05, 0) is 23.6 Å². The van der Waals surface area contributed by atoms with E-state index in [4.69, 9.17) is 4.52 Å². The molecule has 102 valence electrons. The molecule has 0 fully saturated rings. The number of benzene rings is 1. The van der Waals surface area contributed by atoms with Crippen LogP contribution in [0.1, 0.15) is 5.56 Å². The molecule has 3 aromatic rings. The predicted octanol–water partition coefficient (Wildman–Crippen LogP) is 4.48. The van der Waals surface area contributed by atoms with E-state index in [1.807, 2.05) is 17.5 Å². The Morgan fingerprint density at radius 2 is 1.80 bits per heavy atom. The second-order valence-corrected chi connectivity index (χ2v) is 4.92. The van der Waals surface area contributed by atoms with Gasteiger partial charge in [0.05, 0.1) is 10.4 Å². The quantitative estimate of drug-likeness (QED) is 0.699. The number of rotatable bonds is 2. The molecule has 0 amide bonds. The topological polar surface area (TPSA) is 38.9 Å². The lowest BCUT2D eigenvalue weighted by molar-refractivity contribution is -0.137. The summed E-state index contributed by atoms with van der Waals surface area (Å²) in [6.07, 6.45) is -4.35. The summed E-state index contributed by atoms with van der Waals surface area (Å²) in [6, 6.07) is 8.32. The summed E-state index contributed by atoms with van der Waals surface area (Å²) in [5.41, 5.74) is -0.229. The van der Waals surface area contributed by atoms with Crippen molar-refractivity contribution in [3.63, 3.8) is 0 Å². The summed E-state index contributed by atoms with van der Waals surface area (Å²) in [4.78, 5) is 4.98. The van der Waals surface area contributed by atoms with Crippen LogP contribution in [-0.2, 0) is 6.18 Å². The number of halogens is 3. The van der Waals surface area contributed by atoms with Crippen molar-refractivity contribution in [1.29, 1.82) is 0 Å². The van der Waals surface area contributed by atoms with Crippen LogP contribution in [-0.4, -0.2) is 10.1 Å². The third-order valence-corrected chi connectivity index (χ3v) is 3.49. The zero-order valence-corrected chi connectivity index (χ0v) is 10.7. The third kappa shape index (κ3) is 2.44. The van der Waals surface area contributed by atoms with Crippen LogP contribution < -0.4 is 0 Å². The second-order valence-electron chi connectivity index (χ2n) is 3.98. The molecule has 0 bridgehead atoms. The minimum atomic E-state index is -4.35. The Morgan fingerprint density at radius 3 is 2.40 bits per heavy atom. The fourth-order valence-corrected chi connectivity index (χ4v) is 2.29. The summed E-state index contributed by atoms with van der Waals surface area (Å²) in [5, 5.41) is 5.65. The third-order valence-electron chi connectivity index (χ3n) is 2.63. The molecular formula is C13H7F3N2OS. The van der Waals surface area contributed by atoms with Crippen LogP contribution in [0.4, 0.5) is 13.2 Å². The highest BCUT2D eigenvalue weighted by molar-refractivity contribution is 7.13. The van der Waals surface area contributed by atoms with E-state index in [1.165, 1.54) is 23.5 Å². The molecule has 7 heteroatoms. The Kier molecular flexibility index (Phi) is 3.06. The van der Waals surface area contributed by atoms with Crippen molar-refractivity contribution >= 4 is 11.3 Å². The molecule has 3 nitrogen and oxygen atoms in total. The van der Waals surface area contributed by atoms with E-state index < -0.39 is 11.7 Å². The van der Waals surface area contributed by atoms with Crippen LogP contribution >= 0.6 is 11.3 Å². The maximum Gasteiger partial charge on any atom is 0.416 e. The van der Waals surface area contributed by atoms with Crippen LogP contribution in [0.2, 0.25) is 0 Å². The molecule has 0 saturated heterocycles. The molecule has 2 heterocycles. The van der Waals surface area contributed by atoms with Crippen LogP contribution in [0.15, 0.2) is 46.3 Å². The molecule has 0 aliphatic rings. The minimum absolute atomic E-state index is 0.266. The first-order chi connectivity index (χ1) is 9.54. The smallest absolute Gasteiger partial charge is 0.333 e. The molecule has 20 heavy (non-hydrogen) atoms. The van der Waals surface area contributed by atoms with Gasteiger partial charge in [0.25, 0.3) is 5.89 Å². The van der Waals surface area contributed by atoms with Crippen molar-refractivity contribution in [3.8, 4) is 22.2 Å². The first-order valence-electron chi connectivity index (χ1n) is 5.59. The van der Waals surface area contributed by atoms with Crippen LogP contribution in [0.25, 0.3) is 22.2 Å².